The zero-order valence-corrected chi connectivity index (χ0v) is 17.4. The minimum absolute atomic E-state index is 0.00598. The average Bonchev–Trinajstić information content (AvgIpc) is 2.93. The Morgan fingerprint density at radius 1 is 0.963 bits per heavy atom. The number of hydrogen-bond acceptors (Lipinski definition) is 3. The highest BCUT2D eigenvalue weighted by molar-refractivity contribution is 7.91. The summed E-state index contributed by atoms with van der Waals surface area (Å²) in [6.07, 6.45) is 2.60. The summed E-state index contributed by atoms with van der Waals surface area (Å²) in [6, 6.07) is 13.4. The third kappa shape index (κ3) is 4.49. The fourth-order valence-corrected chi connectivity index (χ4v) is 4.58. The highest BCUT2D eigenvalue weighted by atomic mass is 32.2. The second kappa shape index (κ2) is 7.23. The third-order valence-corrected chi connectivity index (χ3v) is 7.92. The van der Waals surface area contributed by atoms with E-state index in [2.05, 4.69) is 25.1 Å². The third-order valence-electron chi connectivity index (χ3n) is 5.34. The molecule has 2 aromatic rings. The first-order valence-electron chi connectivity index (χ1n) is 9.50. The molecule has 0 N–H and O–H groups in total. The van der Waals surface area contributed by atoms with Gasteiger partial charge in [0.15, 0.2) is 15.6 Å². The topological polar surface area (TPSA) is 51.2 Å². The number of rotatable bonds is 5. The maximum atomic E-state index is 12.6. The van der Waals surface area contributed by atoms with E-state index in [9.17, 15) is 13.2 Å². The van der Waals surface area contributed by atoms with Gasteiger partial charge in [0, 0.05) is 12.0 Å². The molecule has 144 valence electrons. The molecule has 0 heterocycles. The van der Waals surface area contributed by atoms with Crippen molar-refractivity contribution < 1.29 is 13.2 Å². The van der Waals surface area contributed by atoms with E-state index < -0.39 is 14.6 Å². The molecular weight excluding hydrogens is 356 g/mol. The molecular formula is C23H28O3S. The molecule has 1 aliphatic carbocycles. The number of carbonyl (C=O) groups excluding carboxylic acids is 1. The van der Waals surface area contributed by atoms with Gasteiger partial charge in [-0.2, -0.15) is 0 Å². The minimum atomic E-state index is -3.23. The molecule has 0 radical (unpaired) electrons. The van der Waals surface area contributed by atoms with Crippen LogP contribution in [0.3, 0.4) is 0 Å². The first-order chi connectivity index (χ1) is 12.5. The van der Waals surface area contributed by atoms with Crippen LogP contribution in [-0.2, 0) is 34.9 Å². The lowest BCUT2D eigenvalue weighted by Crippen LogP contribution is -2.29. The Morgan fingerprint density at radius 3 is 2.19 bits per heavy atom. The molecule has 0 amide bonds. The molecule has 27 heavy (non-hydrogen) atoms. The van der Waals surface area contributed by atoms with Crippen LogP contribution in [0.2, 0.25) is 0 Å². The highest BCUT2D eigenvalue weighted by Crippen LogP contribution is 2.27. The van der Waals surface area contributed by atoms with Crippen LogP contribution in [0.5, 0.6) is 0 Å². The van der Waals surface area contributed by atoms with Gasteiger partial charge in [0.2, 0.25) is 0 Å². The van der Waals surface area contributed by atoms with Crippen molar-refractivity contribution in [2.24, 2.45) is 5.92 Å². The van der Waals surface area contributed by atoms with Crippen molar-refractivity contribution in [1.29, 1.82) is 0 Å². The van der Waals surface area contributed by atoms with Crippen LogP contribution in [0.25, 0.3) is 0 Å². The Bertz CT molecular complexity index is 948. The summed E-state index contributed by atoms with van der Waals surface area (Å²) in [5.74, 6) is 0.739. The predicted octanol–water partition coefficient (Wildman–Crippen LogP) is 4.56. The van der Waals surface area contributed by atoms with Gasteiger partial charge in [-0.25, -0.2) is 8.42 Å². The Balaban J connectivity index is 1.69. The van der Waals surface area contributed by atoms with Crippen LogP contribution < -0.4 is 0 Å². The average molecular weight is 385 g/mol. The van der Waals surface area contributed by atoms with Crippen LogP contribution in [0.1, 0.15) is 60.3 Å². The Labute approximate surface area is 162 Å². The molecule has 0 spiro atoms. The molecule has 1 aliphatic rings. The fraction of sp³-hybridized carbons (Fsp3) is 0.435. The lowest BCUT2D eigenvalue weighted by atomic mass is 9.99. The molecule has 0 saturated heterocycles. The number of ketones is 1. The van der Waals surface area contributed by atoms with E-state index in [-0.39, 0.29) is 11.5 Å². The van der Waals surface area contributed by atoms with Crippen molar-refractivity contribution in [2.45, 2.75) is 57.5 Å². The van der Waals surface area contributed by atoms with Gasteiger partial charge in [-0.05, 0) is 61.8 Å². The zero-order chi connectivity index (χ0) is 19.8. The van der Waals surface area contributed by atoms with E-state index in [1.807, 2.05) is 0 Å². The lowest BCUT2D eigenvalue weighted by molar-refractivity contribution is 0.0993. The van der Waals surface area contributed by atoms with Crippen molar-refractivity contribution in [3.63, 3.8) is 0 Å². The summed E-state index contributed by atoms with van der Waals surface area (Å²) < 4.78 is 23.9. The molecule has 1 unspecified atom stereocenters. The summed E-state index contributed by atoms with van der Waals surface area (Å²) in [4.78, 5) is 12.6. The zero-order valence-electron chi connectivity index (χ0n) is 16.6. The van der Waals surface area contributed by atoms with Crippen molar-refractivity contribution in [3.8, 4) is 0 Å². The largest absolute Gasteiger partial charge is 0.294 e. The van der Waals surface area contributed by atoms with Gasteiger partial charge in [0.1, 0.15) is 0 Å². The van der Waals surface area contributed by atoms with E-state index in [4.69, 9.17) is 0 Å². The van der Waals surface area contributed by atoms with E-state index in [0.29, 0.717) is 23.5 Å². The number of hydrogen-bond donors (Lipinski definition) is 0. The minimum Gasteiger partial charge on any atom is -0.294 e. The lowest BCUT2D eigenvalue weighted by Gasteiger charge is -2.19. The number of sulfone groups is 1. The molecule has 0 saturated carbocycles. The van der Waals surface area contributed by atoms with Gasteiger partial charge >= 0.3 is 0 Å². The molecule has 0 aliphatic heterocycles. The Kier molecular flexibility index (Phi) is 5.31. The quantitative estimate of drug-likeness (QED) is 0.710. The summed E-state index contributed by atoms with van der Waals surface area (Å²) >= 11 is 0. The second-order valence-electron chi connectivity index (χ2n) is 8.78. The highest BCUT2D eigenvalue weighted by Gasteiger charge is 2.29. The smallest absolute Gasteiger partial charge is 0.167 e. The standard InChI is InChI=1S/C23H28O3S/c1-16-11-20-10-7-18(13-21(20)12-16)14-22(24)19-8-5-17(6-9-19)15-27(25,26)23(2,3)4/h5-10,13,16H,11-12,14-15H2,1-4H3. The first-order valence-corrected chi connectivity index (χ1v) is 11.2. The number of carbonyl (C=O) groups is 1. The molecule has 0 bridgehead atoms. The molecule has 0 fully saturated rings. The molecule has 0 aromatic heterocycles. The molecule has 2 aromatic carbocycles. The van der Waals surface area contributed by atoms with Crippen molar-refractivity contribution >= 4 is 15.6 Å². The van der Waals surface area contributed by atoms with E-state index in [1.54, 1.807) is 45.0 Å². The van der Waals surface area contributed by atoms with E-state index in [1.165, 1.54) is 11.1 Å². The van der Waals surface area contributed by atoms with Crippen molar-refractivity contribution in [2.75, 3.05) is 0 Å². The number of fused-ring (bicyclic) bond motifs is 1. The Hall–Kier alpha value is -1.94. The van der Waals surface area contributed by atoms with Gasteiger partial charge in [-0.3, -0.25) is 4.79 Å². The Morgan fingerprint density at radius 2 is 1.56 bits per heavy atom. The number of benzene rings is 2. The van der Waals surface area contributed by atoms with Gasteiger partial charge in [0.25, 0.3) is 0 Å². The normalized spacial score (nSPS) is 17.0. The van der Waals surface area contributed by atoms with Gasteiger partial charge in [0.05, 0.1) is 10.5 Å². The second-order valence-corrected chi connectivity index (χ2v) is 11.5. The van der Waals surface area contributed by atoms with Gasteiger partial charge in [-0.1, -0.05) is 49.4 Å². The van der Waals surface area contributed by atoms with E-state index >= 15 is 0 Å². The van der Waals surface area contributed by atoms with Crippen molar-refractivity contribution in [1.82, 2.24) is 0 Å². The predicted molar refractivity (Wildman–Crippen MR) is 110 cm³/mol. The SMILES string of the molecule is CC1Cc2ccc(CC(=O)c3ccc(CS(=O)(=O)C(C)(C)C)cc3)cc2C1. The molecule has 3 nitrogen and oxygen atoms in total. The maximum absolute atomic E-state index is 12.6. The maximum Gasteiger partial charge on any atom is 0.167 e. The van der Waals surface area contributed by atoms with Crippen molar-refractivity contribution in [3.05, 3.63) is 70.3 Å². The summed E-state index contributed by atoms with van der Waals surface area (Å²) in [5.41, 5.74) is 5.17. The summed E-state index contributed by atoms with van der Waals surface area (Å²) in [6.45, 7) is 7.37. The monoisotopic (exact) mass is 384 g/mol. The summed E-state index contributed by atoms with van der Waals surface area (Å²) in [7, 11) is -3.23. The van der Waals surface area contributed by atoms with E-state index in [0.717, 1.165) is 18.4 Å². The van der Waals surface area contributed by atoms with Gasteiger partial charge < -0.3 is 0 Å². The van der Waals surface area contributed by atoms with Crippen LogP contribution in [0.15, 0.2) is 42.5 Å². The summed E-state index contributed by atoms with van der Waals surface area (Å²) in [5, 5.41) is 0. The van der Waals surface area contributed by atoms with Crippen LogP contribution in [0.4, 0.5) is 0 Å². The van der Waals surface area contributed by atoms with Gasteiger partial charge in [-0.15, -0.1) is 0 Å². The van der Waals surface area contributed by atoms with Crippen LogP contribution in [-0.4, -0.2) is 18.9 Å². The molecule has 4 heteroatoms. The first kappa shape index (κ1) is 19.8. The fourth-order valence-electron chi connectivity index (χ4n) is 3.51. The molecule has 3 rings (SSSR count). The van der Waals surface area contributed by atoms with Crippen LogP contribution >= 0.6 is 0 Å². The number of Topliss-reactive ketones (excluding diaryl/α,β-unsaturated/α-hetero) is 1. The molecule has 1 atom stereocenters. The van der Waals surface area contributed by atoms with Crippen LogP contribution in [0, 0.1) is 5.92 Å².